The van der Waals surface area contributed by atoms with Crippen LogP contribution in [0.15, 0.2) is 43.0 Å². The standard InChI is InChI=1S/C13H16N2/c1-2-3-9-13(15-11-10-14)12-7-5-4-6-8-12/h2,4-8,13,15H,1,3,9,11H2. The second kappa shape index (κ2) is 6.80. The molecule has 0 aliphatic rings. The number of benzene rings is 1. The molecule has 0 aliphatic carbocycles. The first kappa shape index (κ1) is 11.5. The maximum atomic E-state index is 8.55. The van der Waals surface area contributed by atoms with Gasteiger partial charge in [-0.2, -0.15) is 5.26 Å². The van der Waals surface area contributed by atoms with Crippen molar-refractivity contribution in [2.24, 2.45) is 0 Å². The van der Waals surface area contributed by atoms with Crippen molar-refractivity contribution < 1.29 is 0 Å². The lowest BCUT2D eigenvalue weighted by atomic mass is 10.0. The fourth-order valence-corrected chi connectivity index (χ4v) is 1.53. The van der Waals surface area contributed by atoms with E-state index in [-0.39, 0.29) is 6.04 Å². The van der Waals surface area contributed by atoms with E-state index in [2.05, 4.69) is 30.1 Å². The monoisotopic (exact) mass is 200 g/mol. The Kier molecular flexibility index (Phi) is 5.21. The fourth-order valence-electron chi connectivity index (χ4n) is 1.53. The van der Waals surface area contributed by atoms with E-state index in [0.717, 1.165) is 12.8 Å². The van der Waals surface area contributed by atoms with E-state index >= 15 is 0 Å². The van der Waals surface area contributed by atoms with Crippen molar-refractivity contribution in [3.63, 3.8) is 0 Å². The molecule has 78 valence electrons. The van der Waals surface area contributed by atoms with Crippen molar-refractivity contribution >= 4 is 0 Å². The van der Waals surface area contributed by atoms with E-state index in [1.165, 1.54) is 5.56 Å². The molecule has 1 aromatic carbocycles. The lowest BCUT2D eigenvalue weighted by molar-refractivity contribution is 0.534. The highest BCUT2D eigenvalue weighted by molar-refractivity contribution is 5.19. The van der Waals surface area contributed by atoms with Crippen LogP contribution in [0.5, 0.6) is 0 Å². The lowest BCUT2D eigenvalue weighted by Gasteiger charge is -2.16. The summed E-state index contributed by atoms with van der Waals surface area (Å²) in [6.07, 6.45) is 3.84. The van der Waals surface area contributed by atoms with Crippen LogP contribution in [0.2, 0.25) is 0 Å². The number of hydrogen-bond acceptors (Lipinski definition) is 2. The molecule has 0 amide bonds. The molecular formula is C13H16N2. The SMILES string of the molecule is C=CCCC(NCC#N)c1ccccc1. The normalized spacial score (nSPS) is 11.7. The van der Waals surface area contributed by atoms with Gasteiger partial charge in [0.15, 0.2) is 0 Å². The zero-order valence-electron chi connectivity index (χ0n) is 8.82. The maximum absolute atomic E-state index is 8.55. The number of allylic oxidation sites excluding steroid dienone is 1. The third kappa shape index (κ3) is 3.97. The summed E-state index contributed by atoms with van der Waals surface area (Å²) in [4.78, 5) is 0. The molecule has 1 aromatic rings. The van der Waals surface area contributed by atoms with Crippen LogP contribution >= 0.6 is 0 Å². The highest BCUT2D eigenvalue weighted by Gasteiger charge is 2.08. The quantitative estimate of drug-likeness (QED) is 0.566. The van der Waals surface area contributed by atoms with Crippen LogP contribution < -0.4 is 5.32 Å². The maximum Gasteiger partial charge on any atom is 0.0845 e. The van der Waals surface area contributed by atoms with Crippen molar-refractivity contribution in [2.45, 2.75) is 18.9 Å². The zero-order chi connectivity index (χ0) is 10.9. The van der Waals surface area contributed by atoms with Gasteiger partial charge in [-0.1, -0.05) is 36.4 Å². The summed E-state index contributed by atoms with van der Waals surface area (Å²) in [5.74, 6) is 0. The minimum absolute atomic E-state index is 0.254. The van der Waals surface area contributed by atoms with E-state index in [9.17, 15) is 0 Å². The van der Waals surface area contributed by atoms with Gasteiger partial charge in [-0.3, -0.25) is 5.32 Å². The molecule has 2 nitrogen and oxygen atoms in total. The molecule has 1 unspecified atom stereocenters. The van der Waals surface area contributed by atoms with E-state index in [4.69, 9.17) is 5.26 Å². The Labute approximate surface area is 91.2 Å². The van der Waals surface area contributed by atoms with Gasteiger partial charge in [-0.15, -0.1) is 6.58 Å². The zero-order valence-corrected chi connectivity index (χ0v) is 8.82. The number of rotatable bonds is 6. The lowest BCUT2D eigenvalue weighted by Crippen LogP contribution is -2.21. The predicted molar refractivity (Wildman–Crippen MR) is 62.2 cm³/mol. The molecule has 15 heavy (non-hydrogen) atoms. The Hall–Kier alpha value is -1.59. The summed E-state index contributed by atoms with van der Waals surface area (Å²) < 4.78 is 0. The molecule has 0 saturated heterocycles. The van der Waals surface area contributed by atoms with Crippen LogP contribution in [0.1, 0.15) is 24.4 Å². The molecule has 1 rings (SSSR count). The first-order valence-electron chi connectivity index (χ1n) is 5.14. The molecule has 0 aromatic heterocycles. The number of hydrogen-bond donors (Lipinski definition) is 1. The molecular weight excluding hydrogens is 184 g/mol. The van der Waals surface area contributed by atoms with Crippen molar-refractivity contribution in [1.29, 1.82) is 5.26 Å². The summed E-state index contributed by atoms with van der Waals surface area (Å²) in [6.45, 7) is 4.10. The molecule has 0 saturated carbocycles. The Morgan fingerprint density at radius 1 is 1.40 bits per heavy atom. The van der Waals surface area contributed by atoms with Crippen molar-refractivity contribution in [1.82, 2.24) is 5.32 Å². The number of nitrogens with zero attached hydrogens (tertiary/aromatic N) is 1. The van der Waals surface area contributed by atoms with Crippen LogP contribution in [0, 0.1) is 11.3 Å². The molecule has 1 N–H and O–H groups in total. The Morgan fingerprint density at radius 2 is 2.13 bits per heavy atom. The smallest absolute Gasteiger partial charge is 0.0845 e. The highest BCUT2D eigenvalue weighted by Crippen LogP contribution is 2.17. The van der Waals surface area contributed by atoms with Gasteiger partial charge in [0.2, 0.25) is 0 Å². The average molecular weight is 200 g/mol. The molecule has 0 radical (unpaired) electrons. The summed E-state index contributed by atoms with van der Waals surface area (Å²) >= 11 is 0. The van der Waals surface area contributed by atoms with Gasteiger partial charge in [0.25, 0.3) is 0 Å². The van der Waals surface area contributed by atoms with E-state index in [1.54, 1.807) is 0 Å². The van der Waals surface area contributed by atoms with Crippen LogP contribution in [-0.2, 0) is 0 Å². The Bertz CT molecular complexity index is 324. The van der Waals surface area contributed by atoms with Gasteiger partial charge in [0.1, 0.15) is 0 Å². The first-order chi connectivity index (χ1) is 7.38. The van der Waals surface area contributed by atoms with Crippen LogP contribution in [0.3, 0.4) is 0 Å². The first-order valence-corrected chi connectivity index (χ1v) is 5.14. The van der Waals surface area contributed by atoms with Gasteiger partial charge in [-0.25, -0.2) is 0 Å². The topological polar surface area (TPSA) is 35.8 Å². The van der Waals surface area contributed by atoms with E-state index in [1.807, 2.05) is 24.3 Å². The summed E-state index contributed by atoms with van der Waals surface area (Å²) in [5.41, 5.74) is 1.23. The third-order valence-electron chi connectivity index (χ3n) is 2.29. The summed E-state index contributed by atoms with van der Waals surface area (Å²) in [5, 5.41) is 11.8. The number of nitrogens with one attached hydrogen (secondary N) is 1. The van der Waals surface area contributed by atoms with Crippen LogP contribution in [0.4, 0.5) is 0 Å². The van der Waals surface area contributed by atoms with Gasteiger partial charge >= 0.3 is 0 Å². The van der Waals surface area contributed by atoms with Crippen LogP contribution in [-0.4, -0.2) is 6.54 Å². The molecule has 0 spiro atoms. The Morgan fingerprint density at radius 3 is 2.73 bits per heavy atom. The van der Waals surface area contributed by atoms with Gasteiger partial charge < -0.3 is 0 Å². The van der Waals surface area contributed by atoms with Crippen molar-refractivity contribution in [2.75, 3.05) is 6.54 Å². The molecule has 0 bridgehead atoms. The molecule has 0 heterocycles. The Balaban J connectivity index is 2.63. The van der Waals surface area contributed by atoms with Crippen molar-refractivity contribution in [3.05, 3.63) is 48.6 Å². The minimum Gasteiger partial charge on any atom is -0.298 e. The molecule has 0 aliphatic heterocycles. The molecule has 1 atom stereocenters. The van der Waals surface area contributed by atoms with E-state index in [0.29, 0.717) is 6.54 Å². The number of nitriles is 1. The predicted octanol–water partition coefficient (Wildman–Crippen LogP) is 2.81. The van der Waals surface area contributed by atoms with Gasteiger partial charge in [-0.05, 0) is 18.4 Å². The molecule has 2 heteroatoms. The van der Waals surface area contributed by atoms with Gasteiger partial charge in [0.05, 0.1) is 12.6 Å². The summed E-state index contributed by atoms with van der Waals surface area (Å²) in [7, 11) is 0. The third-order valence-corrected chi connectivity index (χ3v) is 2.29. The highest BCUT2D eigenvalue weighted by atomic mass is 14.9. The van der Waals surface area contributed by atoms with Crippen LogP contribution in [0.25, 0.3) is 0 Å². The largest absolute Gasteiger partial charge is 0.298 e. The molecule has 0 fully saturated rings. The summed E-state index contributed by atoms with van der Waals surface area (Å²) in [6, 6.07) is 12.6. The minimum atomic E-state index is 0.254. The van der Waals surface area contributed by atoms with E-state index < -0.39 is 0 Å². The average Bonchev–Trinajstić information content (AvgIpc) is 2.30. The second-order valence-corrected chi connectivity index (χ2v) is 3.37. The fraction of sp³-hybridized carbons (Fsp3) is 0.308. The van der Waals surface area contributed by atoms with Gasteiger partial charge in [0, 0.05) is 6.04 Å². The van der Waals surface area contributed by atoms with Crippen molar-refractivity contribution in [3.8, 4) is 6.07 Å². The second-order valence-electron chi connectivity index (χ2n) is 3.37.